The highest BCUT2D eigenvalue weighted by Crippen LogP contribution is 2.46. The molecule has 0 saturated heterocycles. The number of hydrogen-bond donors (Lipinski definition) is 7. The number of phenols is 1. The molecule has 25 nitrogen and oxygen atoms in total. The molecule has 7 N–H and O–H groups in total. The Labute approximate surface area is 357 Å². The summed E-state index contributed by atoms with van der Waals surface area (Å²) in [4.78, 5) is 20.3. The van der Waals surface area contributed by atoms with Gasteiger partial charge in [0.1, 0.15) is 62.9 Å². The molecule has 1 aromatic heterocycles. The molecule has 0 amide bonds. The van der Waals surface area contributed by atoms with Crippen molar-refractivity contribution in [3.63, 3.8) is 0 Å². The van der Waals surface area contributed by atoms with E-state index in [0.29, 0.717) is 10.7 Å². The number of benzene rings is 5. The van der Waals surface area contributed by atoms with Crippen LogP contribution < -0.4 is 9.47 Å². The first-order valence-electron chi connectivity index (χ1n) is 17.6. The van der Waals surface area contributed by atoms with Crippen LogP contribution in [0.1, 0.15) is 10.5 Å². The van der Waals surface area contributed by atoms with Crippen molar-refractivity contribution in [3.8, 4) is 28.8 Å². The fourth-order valence-electron chi connectivity index (χ4n) is 5.57. The Hall–Kier alpha value is -7.89. The number of nitro benzene ring substituents is 1. The fourth-order valence-corrected chi connectivity index (χ4v) is 6.87. The second kappa shape index (κ2) is 18.6. The van der Waals surface area contributed by atoms with Gasteiger partial charge in [-0.15, -0.1) is 30.7 Å². The van der Waals surface area contributed by atoms with Crippen molar-refractivity contribution >= 4 is 76.8 Å². The number of phenolic OH excluding ortho intramolecular Hbond substituents is 1. The third-order valence-corrected chi connectivity index (χ3v) is 10.1. The number of halogens is 1. The summed E-state index contributed by atoms with van der Waals surface area (Å²) in [5.74, 6) is -4.78. The number of fused-ring (bicyclic) bond motifs is 1. The molecule has 332 valence electrons. The van der Waals surface area contributed by atoms with Crippen LogP contribution in [0, 0.1) is 15.9 Å². The van der Waals surface area contributed by atoms with Crippen LogP contribution in [-0.4, -0.2) is 98.6 Å². The zero-order valence-electron chi connectivity index (χ0n) is 31.9. The van der Waals surface area contributed by atoms with Gasteiger partial charge in [0.2, 0.25) is 11.6 Å². The molecule has 0 saturated carbocycles. The summed E-state index contributed by atoms with van der Waals surface area (Å²) in [5.41, 5.74) is -4.59. The Morgan fingerprint density at radius 2 is 1.31 bits per heavy atom. The van der Waals surface area contributed by atoms with Gasteiger partial charge in [0, 0.05) is 29.7 Å². The average Bonchev–Trinajstić information content (AvgIpc) is 3.58. The van der Waals surface area contributed by atoms with Crippen LogP contribution in [0.2, 0.25) is 0 Å². The second-order valence-corrected chi connectivity index (χ2v) is 15.3. The monoisotopic (exact) mass is 925 g/mol. The molecule has 0 aliphatic heterocycles. The van der Waals surface area contributed by atoms with E-state index < -0.39 is 113 Å². The Morgan fingerprint density at radius 1 is 0.734 bits per heavy atom. The number of carbonyl (C=O) groups is 1. The van der Waals surface area contributed by atoms with Crippen LogP contribution in [0.3, 0.4) is 0 Å². The summed E-state index contributed by atoms with van der Waals surface area (Å²) in [5, 5.41) is 88.6. The number of aromatic nitrogens is 2. The van der Waals surface area contributed by atoms with Crippen LogP contribution in [-0.2, 0) is 20.2 Å². The van der Waals surface area contributed by atoms with E-state index in [4.69, 9.17) is 9.47 Å². The van der Waals surface area contributed by atoms with Gasteiger partial charge >= 0.3 is 5.97 Å². The summed E-state index contributed by atoms with van der Waals surface area (Å²) >= 11 is 0. The molecule has 28 heteroatoms. The smallest absolute Gasteiger partial charge is 0.358 e. The van der Waals surface area contributed by atoms with E-state index >= 15 is 0 Å². The molecule has 5 aromatic carbocycles. The zero-order valence-corrected chi connectivity index (χ0v) is 33.5. The lowest BCUT2D eigenvalue weighted by Crippen LogP contribution is -2.04. The van der Waals surface area contributed by atoms with Crippen molar-refractivity contribution in [1.82, 2.24) is 9.78 Å². The van der Waals surface area contributed by atoms with Crippen molar-refractivity contribution in [2.45, 2.75) is 9.79 Å². The fraction of sp³-hybridized carbons (Fsp3) is 0.111. The number of aliphatic hydroxyl groups excluding tert-OH is 2. The molecule has 0 atom stereocenters. The van der Waals surface area contributed by atoms with Crippen LogP contribution >= 0.6 is 0 Å². The Balaban J connectivity index is 1.44. The van der Waals surface area contributed by atoms with Crippen molar-refractivity contribution in [2.24, 2.45) is 30.7 Å². The van der Waals surface area contributed by atoms with Crippen molar-refractivity contribution in [2.75, 3.05) is 26.4 Å². The first-order chi connectivity index (χ1) is 30.3. The quantitative estimate of drug-likeness (QED) is 0.0217. The number of aromatic carboxylic acids is 1. The highest BCUT2D eigenvalue weighted by molar-refractivity contribution is 7.86. The highest BCUT2D eigenvalue weighted by Gasteiger charge is 2.27. The Kier molecular flexibility index (Phi) is 13.3. The Bertz CT molecular complexity index is 3160. The van der Waals surface area contributed by atoms with E-state index in [-0.39, 0.29) is 45.0 Å². The molecule has 0 fully saturated rings. The number of non-ortho nitro benzene ring substituents is 1. The molecule has 0 spiro atoms. The predicted octanol–water partition coefficient (Wildman–Crippen LogP) is 6.66. The molecule has 1 heterocycles. The number of nitro groups is 1. The maximum absolute atomic E-state index is 14.1. The lowest BCUT2D eigenvalue weighted by atomic mass is 10.1. The summed E-state index contributed by atoms with van der Waals surface area (Å²) < 4.78 is 95.3. The van der Waals surface area contributed by atoms with Gasteiger partial charge in [-0.1, -0.05) is 12.1 Å². The summed E-state index contributed by atoms with van der Waals surface area (Å²) in [6.45, 7) is -1.92. The maximum atomic E-state index is 14.1. The van der Waals surface area contributed by atoms with Gasteiger partial charge in [-0.05, 0) is 47.9 Å². The lowest BCUT2D eigenvalue weighted by molar-refractivity contribution is -0.385. The first kappa shape index (κ1) is 45.6. The number of azo groups is 3. The van der Waals surface area contributed by atoms with E-state index in [1.807, 2.05) is 0 Å². The van der Waals surface area contributed by atoms with E-state index in [1.54, 1.807) is 0 Å². The third kappa shape index (κ3) is 9.91. The van der Waals surface area contributed by atoms with Gasteiger partial charge in [-0.2, -0.15) is 26.6 Å². The SMILES string of the molecule is O=C(O)c1nn(-c2ccc3c(O)c(/N=N/c4cc(OCCO)c(/N=N/c5ccc([N+](=O)[O-])cc5S(=O)(=O)O)cc4OCCO)c(S(=O)(=O)O)cc3c2)c(O)c1/N=N/c1ccccc1F. The minimum Gasteiger partial charge on any atom is -0.505 e. The summed E-state index contributed by atoms with van der Waals surface area (Å²) in [7, 11) is -10.3. The molecule has 64 heavy (non-hydrogen) atoms. The van der Waals surface area contributed by atoms with E-state index in [9.17, 15) is 70.8 Å². The first-order valence-corrected chi connectivity index (χ1v) is 20.4. The molecule has 0 bridgehead atoms. The normalized spacial score (nSPS) is 12.2. The molecule has 0 unspecified atom stereocenters. The Morgan fingerprint density at radius 3 is 1.89 bits per heavy atom. The predicted molar refractivity (Wildman–Crippen MR) is 215 cm³/mol. The average molecular weight is 926 g/mol. The van der Waals surface area contributed by atoms with Gasteiger partial charge in [-0.3, -0.25) is 19.2 Å². The maximum Gasteiger partial charge on any atom is 0.358 e. The number of hydrogen-bond acceptors (Lipinski definition) is 20. The van der Waals surface area contributed by atoms with E-state index in [2.05, 4.69) is 35.8 Å². The van der Waals surface area contributed by atoms with Crippen LogP contribution in [0.15, 0.2) is 119 Å². The van der Waals surface area contributed by atoms with Crippen molar-refractivity contribution in [3.05, 3.63) is 100 Å². The molecule has 6 rings (SSSR count). The van der Waals surface area contributed by atoms with Gasteiger partial charge in [0.15, 0.2) is 17.3 Å². The number of carboxylic acid groups (broad SMARTS) is 1. The standard InChI is InChI=1S/C36H28FN9O16S2/c37-22-3-1-2-4-23(22)38-43-32-33(36(51)52)44-45(35(32)50)19-5-7-21-18(13-19)14-30(64(58,59)60)31(34(21)49)42-41-26-17-27(61-11-9-47)25(16-28(26)62-12-10-48)40-39-24-8-6-20(46(53)54)15-29(24)63(55,56)57/h1-8,13-17,47-50H,9-12H2,(H,51,52)(H,55,56,57)(H,58,59,60)/b40-39+,42-41+,43-38+. The minimum absolute atomic E-state index is 0.129. The largest absolute Gasteiger partial charge is 0.505 e. The van der Waals surface area contributed by atoms with Gasteiger partial charge in [-0.25, -0.2) is 9.18 Å². The molecule has 0 aliphatic carbocycles. The zero-order chi connectivity index (χ0) is 46.5. The van der Waals surface area contributed by atoms with Gasteiger partial charge < -0.3 is 35.0 Å². The van der Waals surface area contributed by atoms with Gasteiger partial charge in [0.05, 0.1) is 23.8 Å². The number of ether oxygens (including phenoxy) is 2. The number of aromatic hydroxyl groups is 2. The van der Waals surface area contributed by atoms with Crippen LogP contribution in [0.4, 0.5) is 44.2 Å². The van der Waals surface area contributed by atoms with Gasteiger partial charge in [0.25, 0.3) is 25.9 Å². The minimum atomic E-state index is -5.26. The molecule has 6 aromatic rings. The molecular formula is C36H28FN9O16S2. The summed E-state index contributed by atoms with van der Waals surface area (Å²) in [6, 6.07) is 13.9. The lowest BCUT2D eigenvalue weighted by Gasteiger charge is -2.13. The number of carboxylic acids is 1. The third-order valence-electron chi connectivity index (χ3n) is 8.40. The molecule has 0 aliphatic rings. The van der Waals surface area contributed by atoms with Crippen LogP contribution in [0.25, 0.3) is 16.5 Å². The molecular weight excluding hydrogens is 898 g/mol. The summed E-state index contributed by atoms with van der Waals surface area (Å²) in [6.07, 6.45) is 0. The van der Waals surface area contributed by atoms with Crippen LogP contribution in [0.5, 0.6) is 23.1 Å². The molecule has 0 radical (unpaired) electrons. The van der Waals surface area contributed by atoms with Crippen molar-refractivity contribution in [1.29, 1.82) is 0 Å². The van der Waals surface area contributed by atoms with E-state index in [0.717, 1.165) is 42.5 Å². The number of rotatable bonds is 17. The topological polar surface area (TPSA) is 381 Å². The highest BCUT2D eigenvalue weighted by atomic mass is 32.2. The number of aliphatic hydroxyl groups is 2. The number of nitrogens with zero attached hydrogens (tertiary/aromatic N) is 9. The second-order valence-electron chi connectivity index (χ2n) is 12.6. The van der Waals surface area contributed by atoms with E-state index in [1.165, 1.54) is 30.3 Å². The van der Waals surface area contributed by atoms with Crippen molar-refractivity contribution < 1.29 is 75.1 Å².